The SMILES string of the molecule is Cn1c2ccc(C(F)(F)F)cc2c2nc3ccccc3nc21. The van der Waals surface area contributed by atoms with Gasteiger partial charge in [-0.05, 0) is 30.3 Å². The molecule has 0 bridgehead atoms. The molecule has 0 atom stereocenters. The molecule has 2 heterocycles. The molecule has 0 saturated carbocycles. The maximum Gasteiger partial charge on any atom is 0.416 e. The topological polar surface area (TPSA) is 30.7 Å². The van der Waals surface area contributed by atoms with E-state index in [9.17, 15) is 13.2 Å². The van der Waals surface area contributed by atoms with E-state index in [1.807, 2.05) is 18.2 Å². The van der Waals surface area contributed by atoms with E-state index in [0.29, 0.717) is 27.6 Å². The van der Waals surface area contributed by atoms with Gasteiger partial charge < -0.3 is 4.57 Å². The lowest BCUT2D eigenvalue weighted by Crippen LogP contribution is -2.04. The Bertz CT molecular complexity index is 1030. The van der Waals surface area contributed by atoms with Gasteiger partial charge in [0.25, 0.3) is 0 Å². The Morgan fingerprint density at radius 1 is 0.955 bits per heavy atom. The number of benzene rings is 2. The molecule has 0 radical (unpaired) electrons. The molecule has 0 fully saturated rings. The van der Waals surface area contributed by atoms with Gasteiger partial charge in [-0.2, -0.15) is 13.2 Å². The molecule has 4 aromatic rings. The Kier molecular flexibility index (Phi) is 2.49. The lowest BCUT2D eigenvalue weighted by molar-refractivity contribution is -0.137. The fourth-order valence-corrected chi connectivity index (χ4v) is 2.71. The monoisotopic (exact) mass is 301 g/mol. The van der Waals surface area contributed by atoms with Crippen molar-refractivity contribution in [3.8, 4) is 0 Å². The van der Waals surface area contributed by atoms with Gasteiger partial charge in [-0.25, -0.2) is 9.97 Å². The number of hydrogen-bond acceptors (Lipinski definition) is 2. The van der Waals surface area contributed by atoms with Gasteiger partial charge in [0.2, 0.25) is 0 Å². The number of hydrogen-bond donors (Lipinski definition) is 0. The minimum absolute atomic E-state index is 0.463. The van der Waals surface area contributed by atoms with Crippen molar-refractivity contribution in [2.75, 3.05) is 0 Å². The van der Waals surface area contributed by atoms with Crippen LogP contribution in [0.3, 0.4) is 0 Å². The van der Waals surface area contributed by atoms with Gasteiger partial charge in [0.15, 0.2) is 5.65 Å². The number of fused-ring (bicyclic) bond motifs is 4. The molecule has 0 amide bonds. The second-order valence-corrected chi connectivity index (χ2v) is 5.17. The lowest BCUT2D eigenvalue weighted by atomic mass is 10.1. The van der Waals surface area contributed by atoms with E-state index in [2.05, 4.69) is 9.97 Å². The molecule has 110 valence electrons. The normalized spacial score (nSPS) is 12.5. The first kappa shape index (κ1) is 13.1. The molecule has 0 unspecified atom stereocenters. The van der Waals surface area contributed by atoms with E-state index in [1.165, 1.54) is 6.07 Å². The average molecular weight is 301 g/mol. The third-order valence-corrected chi connectivity index (χ3v) is 3.81. The van der Waals surface area contributed by atoms with Crippen molar-refractivity contribution in [3.63, 3.8) is 0 Å². The van der Waals surface area contributed by atoms with Gasteiger partial charge in [0.05, 0.1) is 22.1 Å². The summed E-state index contributed by atoms with van der Waals surface area (Å²) in [7, 11) is 1.78. The molecule has 6 heteroatoms. The summed E-state index contributed by atoms with van der Waals surface area (Å²) in [5, 5.41) is 0.463. The van der Waals surface area contributed by atoms with Crippen molar-refractivity contribution in [1.82, 2.24) is 14.5 Å². The van der Waals surface area contributed by atoms with Crippen LogP contribution in [-0.4, -0.2) is 14.5 Å². The molecule has 2 aromatic carbocycles. The zero-order valence-electron chi connectivity index (χ0n) is 11.5. The molecule has 22 heavy (non-hydrogen) atoms. The van der Waals surface area contributed by atoms with E-state index in [1.54, 1.807) is 17.7 Å². The summed E-state index contributed by atoms with van der Waals surface area (Å²) in [6, 6.07) is 11.0. The third-order valence-electron chi connectivity index (χ3n) is 3.81. The number of rotatable bonds is 0. The highest BCUT2D eigenvalue weighted by Crippen LogP contribution is 2.34. The highest BCUT2D eigenvalue weighted by atomic mass is 19.4. The number of nitrogens with zero attached hydrogens (tertiary/aromatic N) is 3. The van der Waals surface area contributed by atoms with Crippen LogP contribution in [0.1, 0.15) is 5.56 Å². The fraction of sp³-hybridized carbons (Fsp3) is 0.125. The molecule has 0 spiro atoms. The van der Waals surface area contributed by atoms with Crippen LogP contribution in [0.4, 0.5) is 13.2 Å². The molecule has 2 aromatic heterocycles. The molecular weight excluding hydrogens is 291 g/mol. The van der Waals surface area contributed by atoms with Crippen LogP contribution in [0.5, 0.6) is 0 Å². The van der Waals surface area contributed by atoms with Gasteiger partial charge in [-0.15, -0.1) is 0 Å². The Hall–Kier alpha value is -2.63. The molecule has 0 N–H and O–H groups in total. The second-order valence-electron chi connectivity index (χ2n) is 5.17. The van der Waals surface area contributed by atoms with Crippen LogP contribution >= 0.6 is 0 Å². The number of aromatic nitrogens is 3. The fourth-order valence-electron chi connectivity index (χ4n) is 2.71. The first-order valence-electron chi connectivity index (χ1n) is 6.67. The van der Waals surface area contributed by atoms with Crippen molar-refractivity contribution >= 4 is 33.1 Å². The predicted molar refractivity (Wildman–Crippen MR) is 78.5 cm³/mol. The van der Waals surface area contributed by atoms with Crippen LogP contribution in [-0.2, 0) is 13.2 Å². The van der Waals surface area contributed by atoms with Crippen LogP contribution in [0.2, 0.25) is 0 Å². The number of para-hydroxylation sites is 2. The number of alkyl halides is 3. The van der Waals surface area contributed by atoms with Crippen molar-refractivity contribution in [1.29, 1.82) is 0 Å². The first-order chi connectivity index (χ1) is 10.4. The van der Waals surface area contributed by atoms with Crippen LogP contribution in [0, 0.1) is 0 Å². The quantitative estimate of drug-likeness (QED) is 0.485. The summed E-state index contributed by atoms with van der Waals surface area (Å²) >= 11 is 0. The average Bonchev–Trinajstić information content (AvgIpc) is 2.77. The maximum atomic E-state index is 12.9. The van der Waals surface area contributed by atoms with E-state index in [4.69, 9.17) is 0 Å². The summed E-state index contributed by atoms with van der Waals surface area (Å²) in [5.41, 5.74) is 2.45. The smallest absolute Gasteiger partial charge is 0.327 e. The first-order valence-corrected chi connectivity index (χ1v) is 6.67. The van der Waals surface area contributed by atoms with E-state index in [-0.39, 0.29) is 0 Å². The molecule has 0 aliphatic carbocycles. The Morgan fingerprint density at radius 2 is 1.64 bits per heavy atom. The molecule has 3 nitrogen and oxygen atoms in total. The summed E-state index contributed by atoms with van der Waals surface area (Å²) < 4.78 is 40.6. The lowest BCUT2D eigenvalue weighted by Gasteiger charge is -2.06. The molecule has 4 rings (SSSR count). The Labute approximate surface area is 123 Å². The number of halogens is 3. The Morgan fingerprint density at radius 3 is 2.32 bits per heavy atom. The van der Waals surface area contributed by atoms with Crippen LogP contribution in [0.15, 0.2) is 42.5 Å². The molecule has 0 aliphatic heterocycles. The highest BCUT2D eigenvalue weighted by molar-refractivity contribution is 6.06. The molecular formula is C16H10F3N3. The van der Waals surface area contributed by atoms with Crippen molar-refractivity contribution in [3.05, 3.63) is 48.0 Å². The van der Waals surface area contributed by atoms with Gasteiger partial charge in [0.1, 0.15) is 5.52 Å². The van der Waals surface area contributed by atoms with E-state index in [0.717, 1.165) is 17.6 Å². The van der Waals surface area contributed by atoms with Crippen LogP contribution < -0.4 is 0 Å². The van der Waals surface area contributed by atoms with Gasteiger partial charge in [-0.1, -0.05) is 12.1 Å². The standard InChI is InChI=1S/C16H10F3N3/c1-22-13-7-6-9(16(17,18)19)8-10(13)14-15(22)21-12-5-3-2-4-11(12)20-14/h2-8H,1H3. The second kappa shape index (κ2) is 4.19. The van der Waals surface area contributed by atoms with Gasteiger partial charge in [-0.3, -0.25) is 0 Å². The zero-order valence-corrected chi connectivity index (χ0v) is 11.5. The largest absolute Gasteiger partial charge is 0.416 e. The van der Waals surface area contributed by atoms with Crippen molar-refractivity contribution in [2.45, 2.75) is 6.18 Å². The highest BCUT2D eigenvalue weighted by Gasteiger charge is 2.31. The Balaban J connectivity index is 2.16. The van der Waals surface area contributed by atoms with Crippen molar-refractivity contribution in [2.24, 2.45) is 7.05 Å². The van der Waals surface area contributed by atoms with Crippen LogP contribution in [0.25, 0.3) is 33.1 Å². The summed E-state index contributed by atoms with van der Waals surface area (Å²) in [4.78, 5) is 9.02. The number of aryl methyl sites for hydroxylation is 1. The summed E-state index contributed by atoms with van der Waals surface area (Å²) in [6.45, 7) is 0. The van der Waals surface area contributed by atoms with Gasteiger partial charge >= 0.3 is 6.18 Å². The minimum atomic E-state index is -4.37. The minimum Gasteiger partial charge on any atom is -0.327 e. The third kappa shape index (κ3) is 1.76. The predicted octanol–water partition coefficient (Wildman–Crippen LogP) is 4.29. The van der Waals surface area contributed by atoms with E-state index >= 15 is 0 Å². The summed E-state index contributed by atoms with van der Waals surface area (Å²) in [6.07, 6.45) is -4.37. The summed E-state index contributed by atoms with van der Waals surface area (Å²) in [5.74, 6) is 0. The molecule has 0 aliphatic rings. The van der Waals surface area contributed by atoms with Crippen molar-refractivity contribution < 1.29 is 13.2 Å². The molecule has 0 saturated heterocycles. The van der Waals surface area contributed by atoms with Gasteiger partial charge in [0, 0.05) is 12.4 Å². The zero-order chi connectivity index (χ0) is 15.5. The van der Waals surface area contributed by atoms with E-state index < -0.39 is 11.7 Å². The maximum absolute atomic E-state index is 12.9.